The number of carbonyl (C=O) groups excluding carboxylic acids is 2. The van der Waals surface area contributed by atoms with Crippen LogP contribution in [0.3, 0.4) is 0 Å². The Kier molecular flexibility index (Phi) is 8.24. The first-order chi connectivity index (χ1) is 17.7. The van der Waals surface area contributed by atoms with Crippen LogP contribution in [0.15, 0.2) is 30.9 Å². The van der Waals surface area contributed by atoms with Crippen molar-refractivity contribution in [1.29, 1.82) is 5.26 Å². The number of alkyl halides is 2. The maximum atomic E-state index is 14.9. The number of nitrogens with zero attached hydrogens (tertiary/aromatic N) is 4. The molecule has 38 heavy (non-hydrogen) atoms. The molecule has 0 spiro atoms. The molecule has 0 radical (unpaired) electrons. The number of aromatic nitrogens is 2. The maximum Gasteiger partial charge on any atom is 0.411 e. The van der Waals surface area contributed by atoms with E-state index in [4.69, 9.17) is 14.2 Å². The van der Waals surface area contributed by atoms with Crippen LogP contribution in [0.25, 0.3) is 11.0 Å². The van der Waals surface area contributed by atoms with Gasteiger partial charge >= 0.3 is 18.0 Å². The van der Waals surface area contributed by atoms with Gasteiger partial charge < -0.3 is 14.2 Å². The highest BCUT2D eigenvalue weighted by molar-refractivity contribution is 5.83. The van der Waals surface area contributed by atoms with Crippen LogP contribution in [0.4, 0.5) is 13.6 Å². The molecule has 9 nitrogen and oxygen atoms in total. The molecule has 1 aromatic carbocycles. The van der Waals surface area contributed by atoms with E-state index in [2.05, 4.69) is 16.5 Å². The average molecular weight is 531 g/mol. The van der Waals surface area contributed by atoms with E-state index in [0.717, 1.165) is 0 Å². The summed E-state index contributed by atoms with van der Waals surface area (Å²) < 4.78 is 46.6. The van der Waals surface area contributed by atoms with Crippen LogP contribution in [-0.2, 0) is 20.2 Å². The highest BCUT2D eigenvalue weighted by Crippen LogP contribution is 2.37. The second-order valence-electron chi connectivity index (χ2n) is 10.6. The molecule has 1 aliphatic rings. The van der Waals surface area contributed by atoms with Gasteiger partial charge in [-0.05, 0) is 51.0 Å². The van der Waals surface area contributed by atoms with Gasteiger partial charge in [0.05, 0.1) is 35.8 Å². The standard InChI is InChI=1S/C27H32F2N4O5/c1-8-27(28,29)22-23(32-19-11-17(12-30)9-10-18(19)31-22)37-20-13-33(25(35)38-26(5,6)7)21(16(20)4)24(34)36-14-15(2)3/h8-11,15-16,20-21H,1,13-14H2,2-7H3/t16?,20-,21-/m0/s1. The van der Waals surface area contributed by atoms with Crippen molar-refractivity contribution in [2.75, 3.05) is 13.2 Å². The zero-order chi connectivity index (χ0) is 28.4. The Morgan fingerprint density at radius 1 is 1.26 bits per heavy atom. The van der Waals surface area contributed by atoms with Crippen LogP contribution in [0.2, 0.25) is 0 Å². The van der Waals surface area contributed by atoms with Crippen LogP contribution in [0, 0.1) is 23.2 Å². The summed E-state index contributed by atoms with van der Waals surface area (Å²) in [6, 6.07) is 5.15. The van der Waals surface area contributed by atoms with Gasteiger partial charge in [0.2, 0.25) is 5.88 Å². The van der Waals surface area contributed by atoms with Crippen LogP contribution in [0.1, 0.15) is 52.8 Å². The molecule has 2 aromatic rings. The monoisotopic (exact) mass is 530 g/mol. The molecular formula is C27H32F2N4O5. The van der Waals surface area contributed by atoms with Gasteiger partial charge in [0, 0.05) is 5.92 Å². The molecule has 1 amide bonds. The van der Waals surface area contributed by atoms with E-state index < -0.39 is 53.2 Å². The smallest absolute Gasteiger partial charge is 0.411 e. The predicted molar refractivity (Wildman–Crippen MR) is 134 cm³/mol. The fourth-order valence-electron chi connectivity index (χ4n) is 3.94. The number of fused-ring (bicyclic) bond motifs is 1. The van der Waals surface area contributed by atoms with Gasteiger partial charge in [-0.2, -0.15) is 14.0 Å². The molecule has 1 saturated heterocycles. The van der Waals surface area contributed by atoms with Crippen molar-refractivity contribution < 1.29 is 32.6 Å². The number of carbonyl (C=O) groups is 2. The van der Waals surface area contributed by atoms with Gasteiger partial charge in [0.1, 0.15) is 17.7 Å². The Hall–Kier alpha value is -3.81. The van der Waals surface area contributed by atoms with Crippen molar-refractivity contribution in [2.24, 2.45) is 11.8 Å². The Labute approximate surface area is 220 Å². The lowest BCUT2D eigenvalue weighted by Crippen LogP contribution is -2.46. The Bertz CT molecular complexity index is 1270. The molecule has 1 unspecified atom stereocenters. The quantitative estimate of drug-likeness (QED) is 0.364. The first-order valence-corrected chi connectivity index (χ1v) is 12.2. The number of hydrogen-bond donors (Lipinski definition) is 0. The first kappa shape index (κ1) is 28.8. The summed E-state index contributed by atoms with van der Waals surface area (Å²) in [4.78, 5) is 35.5. The van der Waals surface area contributed by atoms with Crippen molar-refractivity contribution in [3.8, 4) is 11.9 Å². The highest BCUT2D eigenvalue weighted by atomic mass is 19.3. The second-order valence-corrected chi connectivity index (χ2v) is 10.6. The number of nitriles is 1. The third-order valence-corrected chi connectivity index (χ3v) is 5.82. The Morgan fingerprint density at radius 2 is 1.95 bits per heavy atom. The molecule has 3 atom stereocenters. The zero-order valence-corrected chi connectivity index (χ0v) is 22.3. The number of halogens is 2. The van der Waals surface area contributed by atoms with Crippen molar-refractivity contribution in [3.63, 3.8) is 0 Å². The number of benzene rings is 1. The van der Waals surface area contributed by atoms with E-state index in [9.17, 15) is 23.6 Å². The van der Waals surface area contributed by atoms with Crippen molar-refractivity contribution in [3.05, 3.63) is 42.1 Å². The van der Waals surface area contributed by atoms with E-state index in [1.165, 1.54) is 23.1 Å². The number of allylic oxidation sites excluding steroid dienone is 1. The summed E-state index contributed by atoms with van der Waals surface area (Å²) in [5.74, 6) is -5.34. The SMILES string of the molecule is C=CC(F)(F)c1nc2ccc(C#N)cc2nc1O[C@H]1CN(C(=O)OC(C)(C)C)[C@H](C(=O)OCC(C)C)C1C. The Balaban J connectivity index is 2.03. The van der Waals surface area contributed by atoms with Gasteiger partial charge in [-0.3, -0.25) is 4.90 Å². The number of hydrogen-bond acceptors (Lipinski definition) is 8. The lowest BCUT2D eigenvalue weighted by Gasteiger charge is -2.28. The third-order valence-electron chi connectivity index (χ3n) is 5.82. The molecule has 0 bridgehead atoms. The molecule has 3 rings (SSSR count). The van der Waals surface area contributed by atoms with Gasteiger partial charge in [-0.25, -0.2) is 19.6 Å². The molecule has 0 N–H and O–H groups in total. The minimum Gasteiger partial charge on any atom is -0.471 e. The fourth-order valence-corrected chi connectivity index (χ4v) is 3.94. The van der Waals surface area contributed by atoms with E-state index >= 15 is 0 Å². The third kappa shape index (κ3) is 6.36. The number of likely N-dealkylation sites (tertiary alicyclic amines) is 1. The largest absolute Gasteiger partial charge is 0.471 e. The molecule has 1 aliphatic heterocycles. The van der Waals surface area contributed by atoms with Gasteiger partial charge in [-0.1, -0.05) is 27.4 Å². The number of ether oxygens (including phenoxy) is 3. The summed E-state index contributed by atoms with van der Waals surface area (Å²) in [6.45, 7) is 13.7. The Morgan fingerprint density at radius 3 is 2.53 bits per heavy atom. The summed E-state index contributed by atoms with van der Waals surface area (Å²) >= 11 is 0. The topological polar surface area (TPSA) is 115 Å². The summed E-state index contributed by atoms with van der Waals surface area (Å²) in [5.41, 5.74) is -1.04. The summed E-state index contributed by atoms with van der Waals surface area (Å²) in [5, 5.41) is 9.22. The minimum atomic E-state index is -3.59. The highest BCUT2D eigenvalue weighted by Gasteiger charge is 2.50. The summed E-state index contributed by atoms with van der Waals surface area (Å²) in [6.07, 6.45) is -1.26. The summed E-state index contributed by atoms with van der Waals surface area (Å²) in [7, 11) is 0. The molecule has 1 aromatic heterocycles. The van der Waals surface area contributed by atoms with Crippen LogP contribution >= 0.6 is 0 Å². The van der Waals surface area contributed by atoms with Gasteiger partial charge in [0.25, 0.3) is 0 Å². The lowest BCUT2D eigenvalue weighted by molar-refractivity contribution is -0.151. The van der Waals surface area contributed by atoms with E-state index in [1.54, 1.807) is 27.7 Å². The molecule has 11 heteroatoms. The minimum absolute atomic E-state index is 0.0625. The van der Waals surface area contributed by atoms with Crippen molar-refractivity contribution >= 4 is 23.1 Å². The second kappa shape index (κ2) is 10.9. The first-order valence-electron chi connectivity index (χ1n) is 12.2. The predicted octanol–water partition coefficient (Wildman–Crippen LogP) is 4.98. The molecule has 1 fully saturated rings. The average Bonchev–Trinajstić information content (AvgIpc) is 3.16. The van der Waals surface area contributed by atoms with Crippen molar-refractivity contribution in [2.45, 2.75) is 65.2 Å². The van der Waals surface area contributed by atoms with E-state index in [1.807, 2.05) is 19.9 Å². The van der Waals surface area contributed by atoms with Gasteiger partial charge in [0.15, 0.2) is 5.69 Å². The zero-order valence-electron chi connectivity index (χ0n) is 22.3. The molecule has 2 heterocycles. The van der Waals surface area contributed by atoms with E-state index in [-0.39, 0.29) is 35.7 Å². The van der Waals surface area contributed by atoms with Crippen LogP contribution in [0.5, 0.6) is 5.88 Å². The molecular weight excluding hydrogens is 498 g/mol. The number of esters is 1. The van der Waals surface area contributed by atoms with Crippen molar-refractivity contribution in [1.82, 2.24) is 14.9 Å². The molecule has 204 valence electrons. The lowest BCUT2D eigenvalue weighted by atomic mass is 10.0. The van der Waals surface area contributed by atoms with E-state index in [0.29, 0.717) is 6.08 Å². The van der Waals surface area contributed by atoms with Crippen LogP contribution in [-0.4, -0.2) is 57.8 Å². The fraction of sp³-hybridized carbons (Fsp3) is 0.519. The normalized spacial score (nSPS) is 19.8. The number of rotatable bonds is 7. The maximum absolute atomic E-state index is 14.9. The number of amides is 1. The molecule has 0 saturated carbocycles. The molecule has 0 aliphatic carbocycles. The van der Waals surface area contributed by atoms with Crippen LogP contribution < -0.4 is 4.74 Å². The van der Waals surface area contributed by atoms with Gasteiger partial charge in [-0.15, -0.1) is 0 Å².